The minimum atomic E-state index is -0.638. The largest absolute Gasteiger partial charge is 0.489 e. The molecule has 160 valence electrons. The Bertz CT molecular complexity index is 1030. The molecule has 0 bridgehead atoms. The van der Waals surface area contributed by atoms with Crippen molar-refractivity contribution in [1.82, 2.24) is 4.90 Å². The van der Waals surface area contributed by atoms with E-state index in [4.69, 9.17) is 9.47 Å². The van der Waals surface area contributed by atoms with E-state index in [0.29, 0.717) is 11.3 Å². The topological polar surface area (TPSA) is 116 Å². The molecule has 0 saturated carbocycles. The van der Waals surface area contributed by atoms with Crippen molar-refractivity contribution in [3.8, 4) is 5.75 Å². The van der Waals surface area contributed by atoms with Gasteiger partial charge in [0.05, 0.1) is 16.4 Å². The molecule has 0 atom stereocenters. The summed E-state index contributed by atoms with van der Waals surface area (Å²) in [6.45, 7) is 1.64. The van der Waals surface area contributed by atoms with E-state index in [1.165, 1.54) is 12.1 Å². The summed E-state index contributed by atoms with van der Waals surface area (Å²) in [7, 11) is 0. The maximum absolute atomic E-state index is 12.4. The molecule has 1 aliphatic heterocycles. The van der Waals surface area contributed by atoms with Gasteiger partial charge in [-0.3, -0.25) is 29.4 Å². The van der Waals surface area contributed by atoms with Gasteiger partial charge in [0.1, 0.15) is 18.9 Å². The number of non-ortho nitro benzene ring substituents is 1. The van der Waals surface area contributed by atoms with Crippen LogP contribution < -0.4 is 4.74 Å². The average Bonchev–Trinajstić information content (AvgIpc) is 3.01. The van der Waals surface area contributed by atoms with Crippen molar-refractivity contribution in [3.63, 3.8) is 0 Å². The van der Waals surface area contributed by atoms with Crippen molar-refractivity contribution in [2.75, 3.05) is 13.2 Å². The van der Waals surface area contributed by atoms with Gasteiger partial charge in [-0.05, 0) is 60.2 Å². The van der Waals surface area contributed by atoms with Crippen molar-refractivity contribution >= 4 is 40.6 Å². The quantitative estimate of drug-likeness (QED) is 0.262. The molecule has 1 saturated heterocycles. The van der Waals surface area contributed by atoms with Gasteiger partial charge in [-0.25, -0.2) is 0 Å². The van der Waals surface area contributed by atoms with E-state index in [1.807, 2.05) is 0 Å². The minimum Gasteiger partial charge on any atom is -0.489 e. The molecular weight excluding hydrogens is 424 g/mol. The summed E-state index contributed by atoms with van der Waals surface area (Å²) in [5, 5.41) is 10.2. The molecule has 0 N–H and O–H groups in total. The third-order valence-corrected chi connectivity index (χ3v) is 5.10. The van der Waals surface area contributed by atoms with Gasteiger partial charge in [0.15, 0.2) is 0 Å². The van der Waals surface area contributed by atoms with E-state index >= 15 is 0 Å². The second-order valence-corrected chi connectivity index (χ2v) is 7.35. The standard InChI is InChI=1S/C21H18N2O7S/c1-2-29-19(24)12-22-20(25)18(31-21(22)26)11-14-5-9-17(10-6-14)30-13-15-3-7-16(8-4-15)23(27)28/h3-11H,2,12-13H2,1H3/b18-11+. The first-order chi connectivity index (χ1) is 14.9. The van der Waals surface area contributed by atoms with Gasteiger partial charge in [-0.1, -0.05) is 12.1 Å². The number of hydrogen-bond donors (Lipinski definition) is 0. The summed E-state index contributed by atoms with van der Waals surface area (Å²) < 4.78 is 10.4. The van der Waals surface area contributed by atoms with Gasteiger partial charge in [0.2, 0.25) is 0 Å². The SMILES string of the molecule is CCOC(=O)CN1C(=O)S/C(=C/c2ccc(OCc3ccc([N+](=O)[O-])cc3)cc2)C1=O. The number of carbonyl (C=O) groups is 3. The summed E-state index contributed by atoms with van der Waals surface area (Å²) >= 11 is 0.763. The molecule has 1 aliphatic rings. The number of amides is 2. The molecule has 2 aromatic rings. The first kappa shape index (κ1) is 22.0. The molecule has 0 spiro atoms. The van der Waals surface area contributed by atoms with Crippen molar-refractivity contribution in [1.29, 1.82) is 0 Å². The summed E-state index contributed by atoms with van der Waals surface area (Å²) in [6, 6.07) is 12.9. The number of benzene rings is 2. The van der Waals surface area contributed by atoms with E-state index in [9.17, 15) is 24.5 Å². The maximum Gasteiger partial charge on any atom is 0.326 e. The number of nitro groups is 1. The molecule has 0 aromatic heterocycles. The zero-order valence-electron chi connectivity index (χ0n) is 16.5. The van der Waals surface area contributed by atoms with Gasteiger partial charge in [-0.2, -0.15) is 0 Å². The number of imide groups is 1. The first-order valence-corrected chi connectivity index (χ1v) is 10.1. The highest BCUT2D eigenvalue weighted by Gasteiger charge is 2.36. The Balaban J connectivity index is 1.60. The van der Waals surface area contributed by atoms with Crippen LogP contribution in [-0.4, -0.2) is 40.1 Å². The zero-order chi connectivity index (χ0) is 22.4. The Labute approximate surface area is 181 Å². The van der Waals surface area contributed by atoms with E-state index < -0.39 is 28.6 Å². The highest BCUT2D eigenvalue weighted by Crippen LogP contribution is 2.32. The molecule has 0 aliphatic carbocycles. The van der Waals surface area contributed by atoms with Crippen LogP contribution in [0.5, 0.6) is 5.75 Å². The predicted molar refractivity (Wildman–Crippen MR) is 113 cm³/mol. The number of thioether (sulfide) groups is 1. The average molecular weight is 442 g/mol. The first-order valence-electron chi connectivity index (χ1n) is 9.24. The van der Waals surface area contributed by atoms with Crippen LogP contribution in [-0.2, 0) is 20.9 Å². The highest BCUT2D eigenvalue weighted by molar-refractivity contribution is 8.18. The van der Waals surface area contributed by atoms with Gasteiger partial charge in [0, 0.05) is 12.1 Å². The third-order valence-electron chi connectivity index (χ3n) is 4.20. The lowest BCUT2D eigenvalue weighted by Gasteiger charge is -2.10. The Morgan fingerprint density at radius 1 is 1.13 bits per heavy atom. The number of ether oxygens (including phenoxy) is 2. The Hall–Kier alpha value is -3.66. The third kappa shape index (κ3) is 5.70. The predicted octanol–water partition coefficient (Wildman–Crippen LogP) is 3.77. The summed E-state index contributed by atoms with van der Waals surface area (Å²) in [5.41, 5.74) is 1.48. The molecule has 0 radical (unpaired) electrons. The summed E-state index contributed by atoms with van der Waals surface area (Å²) in [6.07, 6.45) is 1.57. The maximum atomic E-state index is 12.4. The number of nitrogens with zero attached hydrogens (tertiary/aromatic N) is 2. The normalized spacial score (nSPS) is 14.7. The number of carbonyl (C=O) groups excluding carboxylic acids is 3. The van der Waals surface area contributed by atoms with Crippen molar-refractivity contribution in [2.24, 2.45) is 0 Å². The fraction of sp³-hybridized carbons (Fsp3) is 0.190. The molecule has 1 fully saturated rings. The van der Waals surface area contributed by atoms with E-state index in [2.05, 4.69) is 0 Å². The van der Waals surface area contributed by atoms with Crippen LogP contribution >= 0.6 is 11.8 Å². The lowest BCUT2D eigenvalue weighted by Crippen LogP contribution is -2.34. The molecule has 2 amide bonds. The fourth-order valence-electron chi connectivity index (χ4n) is 2.66. The Morgan fingerprint density at radius 3 is 2.42 bits per heavy atom. The Morgan fingerprint density at radius 2 is 1.81 bits per heavy atom. The second-order valence-electron chi connectivity index (χ2n) is 6.35. The van der Waals surface area contributed by atoms with E-state index in [1.54, 1.807) is 49.4 Å². The fourth-order valence-corrected chi connectivity index (χ4v) is 3.50. The van der Waals surface area contributed by atoms with Gasteiger partial charge >= 0.3 is 5.97 Å². The number of nitro benzene ring substituents is 1. The van der Waals surface area contributed by atoms with Crippen LogP contribution in [0.2, 0.25) is 0 Å². The molecule has 0 unspecified atom stereocenters. The van der Waals surface area contributed by atoms with Gasteiger partial charge in [-0.15, -0.1) is 0 Å². The van der Waals surface area contributed by atoms with Crippen LogP contribution in [0.25, 0.3) is 6.08 Å². The van der Waals surface area contributed by atoms with Gasteiger partial charge < -0.3 is 9.47 Å². The molecule has 2 aromatic carbocycles. The Kier molecular flexibility index (Phi) is 7.03. The van der Waals surface area contributed by atoms with Crippen molar-refractivity contribution in [2.45, 2.75) is 13.5 Å². The monoisotopic (exact) mass is 442 g/mol. The van der Waals surface area contributed by atoms with Crippen LogP contribution in [0.15, 0.2) is 53.4 Å². The molecular formula is C21H18N2O7S. The zero-order valence-corrected chi connectivity index (χ0v) is 17.3. The molecule has 3 rings (SSSR count). The van der Waals surface area contributed by atoms with Crippen molar-refractivity contribution in [3.05, 3.63) is 74.7 Å². The van der Waals surface area contributed by atoms with Crippen LogP contribution in [0, 0.1) is 10.1 Å². The lowest BCUT2D eigenvalue weighted by atomic mass is 10.2. The second kappa shape index (κ2) is 9.90. The number of rotatable bonds is 8. The van der Waals surface area contributed by atoms with Crippen LogP contribution in [0.3, 0.4) is 0 Å². The highest BCUT2D eigenvalue weighted by atomic mass is 32.2. The van der Waals surface area contributed by atoms with Crippen LogP contribution in [0.4, 0.5) is 10.5 Å². The molecule has 10 heteroatoms. The van der Waals surface area contributed by atoms with Gasteiger partial charge in [0.25, 0.3) is 16.8 Å². The van der Waals surface area contributed by atoms with E-state index in [-0.39, 0.29) is 23.8 Å². The lowest BCUT2D eigenvalue weighted by molar-refractivity contribution is -0.384. The smallest absolute Gasteiger partial charge is 0.326 e. The molecule has 1 heterocycles. The number of hydrogen-bond acceptors (Lipinski definition) is 8. The van der Waals surface area contributed by atoms with E-state index in [0.717, 1.165) is 22.2 Å². The summed E-state index contributed by atoms with van der Waals surface area (Å²) in [4.78, 5) is 47.3. The van der Waals surface area contributed by atoms with Crippen LogP contribution in [0.1, 0.15) is 18.1 Å². The molecule has 31 heavy (non-hydrogen) atoms. The van der Waals surface area contributed by atoms with Crippen molar-refractivity contribution < 1.29 is 28.8 Å². The molecule has 9 nitrogen and oxygen atoms in total. The minimum absolute atomic E-state index is 0.0137. The summed E-state index contributed by atoms with van der Waals surface area (Å²) in [5.74, 6) is -0.604. The number of esters is 1.